The molecular formula is C10H11FN2O2S. The monoisotopic (exact) mass is 242 g/mol. The lowest BCUT2D eigenvalue weighted by molar-refractivity contribution is 0.583. The molecule has 1 aromatic rings. The van der Waals surface area contributed by atoms with Gasteiger partial charge in [-0.3, -0.25) is 0 Å². The average molecular weight is 242 g/mol. The third kappa shape index (κ3) is 2.79. The van der Waals surface area contributed by atoms with E-state index in [9.17, 15) is 12.8 Å². The molecule has 0 aliphatic rings. The zero-order valence-corrected chi connectivity index (χ0v) is 9.44. The van der Waals surface area contributed by atoms with E-state index in [1.807, 2.05) is 0 Å². The maximum absolute atomic E-state index is 13.4. The normalized spacial score (nSPS) is 10.7. The molecule has 0 amide bonds. The lowest BCUT2D eigenvalue weighted by Crippen LogP contribution is -2.18. The van der Waals surface area contributed by atoms with Crippen molar-refractivity contribution in [3.63, 3.8) is 0 Å². The van der Waals surface area contributed by atoms with Gasteiger partial charge in [0.05, 0.1) is 17.0 Å². The first-order valence-electron chi connectivity index (χ1n) is 4.43. The maximum atomic E-state index is 13.4. The van der Waals surface area contributed by atoms with Crippen molar-refractivity contribution in [2.24, 2.45) is 5.73 Å². The quantitative estimate of drug-likeness (QED) is 0.719. The minimum atomic E-state index is -3.62. The van der Waals surface area contributed by atoms with E-state index in [1.165, 1.54) is 19.2 Å². The summed E-state index contributed by atoms with van der Waals surface area (Å²) in [4.78, 5) is -0.134. The van der Waals surface area contributed by atoms with Crippen LogP contribution in [0.3, 0.4) is 0 Å². The molecule has 0 aliphatic heterocycles. The Morgan fingerprint density at radius 3 is 2.69 bits per heavy atom. The first-order chi connectivity index (χ1) is 7.51. The van der Waals surface area contributed by atoms with Crippen LogP contribution < -0.4 is 10.5 Å². The minimum Gasteiger partial charge on any atom is -0.320 e. The number of benzene rings is 1. The number of hydrogen-bond donors (Lipinski definition) is 2. The first-order valence-corrected chi connectivity index (χ1v) is 5.91. The van der Waals surface area contributed by atoms with Crippen LogP contribution in [-0.4, -0.2) is 22.0 Å². The Bertz CT molecular complexity index is 544. The summed E-state index contributed by atoms with van der Waals surface area (Å²) in [7, 11) is -2.36. The van der Waals surface area contributed by atoms with Gasteiger partial charge in [-0.2, -0.15) is 0 Å². The Morgan fingerprint density at radius 2 is 2.19 bits per heavy atom. The second-order valence-electron chi connectivity index (χ2n) is 2.86. The Morgan fingerprint density at radius 1 is 1.50 bits per heavy atom. The number of halogens is 1. The maximum Gasteiger partial charge on any atom is 0.240 e. The van der Waals surface area contributed by atoms with Crippen LogP contribution in [0.15, 0.2) is 23.1 Å². The van der Waals surface area contributed by atoms with Gasteiger partial charge in [-0.15, -0.1) is 0 Å². The molecule has 0 atom stereocenters. The summed E-state index contributed by atoms with van der Waals surface area (Å²) in [5.41, 5.74) is 5.27. The molecule has 0 radical (unpaired) electrons. The average Bonchev–Trinajstić information content (AvgIpc) is 2.27. The van der Waals surface area contributed by atoms with Crippen LogP contribution in [0.4, 0.5) is 4.39 Å². The summed E-state index contributed by atoms with van der Waals surface area (Å²) in [6.45, 7) is 0.121. The van der Waals surface area contributed by atoms with Gasteiger partial charge >= 0.3 is 0 Å². The van der Waals surface area contributed by atoms with Crippen molar-refractivity contribution in [1.29, 1.82) is 0 Å². The molecule has 0 saturated carbocycles. The van der Waals surface area contributed by atoms with Crippen molar-refractivity contribution in [3.05, 3.63) is 29.6 Å². The number of nitrogens with one attached hydrogen (secondary N) is 1. The Balaban J connectivity index is 3.19. The van der Waals surface area contributed by atoms with Crippen molar-refractivity contribution in [2.75, 3.05) is 13.6 Å². The third-order valence-electron chi connectivity index (χ3n) is 1.84. The van der Waals surface area contributed by atoms with Gasteiger partial charge in [0, 0.05) is 0 Å². The molecule has 0 saturated heterocycles. The summed E-state index contributed by atoms with van der Waals surface area (Å²) >= 11 is 0. The molecule has 1 rings (SSSR count). The SMILES string of the molecule is CNS(=O)(=O)c1ccc(C#CCN)c(F)c1. The molecular weight excluding hydrogens is 231 g/mol. The van der Waals surface area contributed by atoms with E-state index in [4.69, 9.17) is 5.73 Å². The van der Waals surface area contributed by atoms with Crippen LogP contribution in [0.25, 0.3) is 0 Å². The van der Waals surface area contributed by atoms with Crippen LogP contribution in [0, 0.1) is 17.7 Å². The van der Waals surface area contributed by atoms with E-state index >= 15 is 0 Å². The van der Waals surface area contributed by atoms with Gasteiger partial charge in [0.15, 0.2) is 0 Å². The van der Waals surface area contributed by atoms with Gasteiger partial charge in [-0.1, -0.05) is 11.8 Å². The fourth-order valence-corrected chi connectivity index (χ4v) is 1.77. The second-order valence-corrected chi connectivity index (χ2v) is 4.74. The van der Waals surface area contributed by atoms with Crippen LogP contribution in [0.2, 0.25) is 0 Å². The van der Waals surface area contributed by atoms with Crippen LogP contribution in [-0.2, 0) is 10.0 Å². The van der Waals surface area contributed by atoms with Crippen molar-refractivity contribution in [2.45, 2.75) is 4.90 Å². The number of hydrogen-bond acceptors (Lipinski definition) is 3. The zero-order chi connectivity index (χ0) is 12.2. The van der Waals surface area contributed by atoms with E-state index in [1.54, 1.807) is 0 Å². The van der Waals surface area contributed by atoms with E-state index in [0.717, 1.165) is 6.07 Å². The minimum absolute atomic E-state index is 0.121. The van der Waals surface area contributed by atoms with Crippen LogP contribution >= 0.6 is 0 Å². The molecule has 0 aliphatic carbocycles. The smallest absolute Gasteiger partial charge is 0.240 e. The molecule has 0 heterocycles. The standard InChI is InChI=1S/C10H11FN2O2S/c1-13-16(14,15)9-5-4-8(3-2-6-12)10(11)7-9/h4-5,7,13H,6,12H2,1H3. The molecule has 3 N–H and O–H groups in total. The van der Waals surface area contributed by atoms with Gasteiger partial charge in [-0.05, 0) is 25.2 Å². The highest BCUT2D eigenvalue weighted by Gasteiger charge is 2.13. The lowest BCUT2D eigenvalue weighted by Gasteiger charge is -2.02. The third-order valence-corrected chi connectivity index (χ3v) is 3.26. The van der Waals surface area contributed by atoms with E-state index in [-0.39, 0.29) is 17.0 Å². The van der Waals surface area contributed by atoms with Gasteiger partial charge in [-0.25, -0.2) is 17.5 Å². The highest BCUT2D eigenvalue weighted by atomic mass is 32.2. The lowest BCUT2D eigenvalue weighted by atomic mass is 10.2. The Kier molecular flexibility index (Phi) is 4.01. The Labute approximate surface area is 93.7 Å². The van der Waals surface area contributed by atoms with Crippen LogP contribution in [0.1, 0.15) is 5.56 Å². The summed E-state index contributed by atoms with van der Waals surface area (Å²) in [6.07, 6.45) is 0. The summed E-state index contributed by atoms with van der Waals surface area (Å²) in [5, 5.41) is 0. The van der Waals surface area contributed by atoms with Crippen molar-refractivity contribution < 1.29 is 12.8 Å². The molecule has 1 aromatic carbocycles. The topological polar surface area (TPSA) is 72.2 Å². The largest absolute Gasteiger partial charge is 0.320 e. The number of rotatable bonds is 2. The van der Waals surface area contributed by atoms with Gasteiger partial charge < -0.3 is 5.73 Å². The molecule has 0 unspecified atom stereocenters. The van der Waals surface area contributed by atoms with Gasteiger partial charge in [0.25, 0.3) is 0 Å². The Hall–Kier alpha value is -1.42. The van der Waals surface area contributed by atoms with Gasteiger partial charge in [0.2, 0.25) is 10.0 Å². The molecule has 0 spiro atoms. The summed E-state index contributed by atoms with van der Waals surface area (Å²) in [5.74, 6) is 4.31. The fourth-order valence-electron chi connectivity index (χ4n) is 1.03. The molecule has 0 fully saturated rings. The molecule has 86 valence electrons. The summed E-state index contributed by atoms with van der Waals surface area (Å²) in [6, 6.07) is 3.52. The van der Waals surface area contributed by atoms with E-state index in [2.05, 4.69) is 16.6 Å². The summed E-state index contributed by atoms with van der Waals surface area (Å²) < 4.78 is 38.2. The van der Waals surface area contributed by atoms with E-state index < -0.39 is 15.8 Å². The number of nitrogens with two attached hydrogens (primary N) is 1. The molecule has 16 heavy (non-hydrogen) atoms. The van der Waals surface area contributed by atoms with Crippen molar-refractivity contribution in [3.8, 4) is 11.8 Å². The first kappa shape index (κ1) is 12.6. The highest BCUT2D eigenvalue weighted by Crippen LogP contribution is 2.13. The fraction of sp³-hybridized carbons (Fsp3) is 0.200. The predicted molar refractivity (Wildman–Crippen MR) is 58.6 cm³/mol. The van der Waals surface area contributed by atoms with Gasteiger partial charge in [0.1, 0.15) is 5.82 Å². The predicted octanol–water partition coefficient (Wildman–Crippen LogP) is 0.0440. The molecule has 4 nitrogen and oxygen atoms in total. The highest BCUT2D eigenvalue weighted by molar-refractivity contribution is 7.89. The zero-order valence-electron chi connectivity index (χ0n) is 8.62. The molecule has 6 heteroatoms. The molecule has 0 aromatic heterocycles. The van der Waals surface area contributed by atoms with E-state index in [0.29, 0.717) is 0 Å². The molecule has 0 bridgehead atoms. The number of sulfonamides is 1. The van der Waals surface area contributed by atoms with Crippen LogP contribution in [0.5, 0.6) is 0 Å². The van der Waals surface area contributed by atoms with Crippen molar-refractivity contribution >= 4 is 10.0 Å². The second kappa shape index (κ2) is 5.07. The van der Waals surface area contributed by atoms with Crippen molar-refractivity contribution in [1.82, 2.24) is 4.72 Å².